The molecule has 0 bridgehead atoms. The lowest BCUT2D eigenvalue weighted by atomic mass is 9.98. The first kappa shape index (κ1) is 11.6. The van der Waals surface area contributed by atoms with Gasteiger partial charge in [-0.1, -0.05) is 18.2 Å². The number of aliphatic hydroxyl groups is 1. The zero-order valence-electron chi connectivity index (χ0n) is 9.97. The van der Waals surface area contributed by atoms with E-state index in [0.717, 1.165) is 28.0 Å². The number of aliphatic hydroxyl groups excluding tert-OH is 1. The third-order valence-electron chi connectivity index (χ3n) is 2.88. The number of benzene rings is 1. The van der Waals surface area contributed by atoms with Crippen LogP contribution in [0.1, 0.15) is 11.1 Å². The van der Waals surface area contributed by atoms with Crippen molar-refractivity contribution >= 4 is 0 Å². The van der Waals surface area contributed by atoms with E-state index in [1.165, 1.54) is 0 Å². The highest BCUT2D eigenvalue weighted by atomic mass is 16.5. The number of nitrogens with zero attached hydrogens (tertiary/aromatic N) is 1. The van der Waals surface area contributed by atoms with Crippen molar-refractivity contribution in [1.29, 1.82) is 0 Å². The molecule has 0 aliphatic carbocycles. The van der Waals surface area contributed by atoms with Crippen molar-refractivity contribution in [1.82, 2.24) is 4.98 Å². The standard InChI is InChI=1S/C14H15NO2/c1-10-11(9-16)4-3-5-14(10)12-6-13(17-2)8-15-7-12/h3-8,16H,9H2,1-2H3. The maximum absolute atomic E-state index is 9.25. The van der Waals surface area contributed by atoms with E-state index in [1.807, 2.05) is 31.2 Å². The summed E-state index contributed by atoms with van der Waals surface area (Å²) in [7, 11) is 1.62. The van der Waals surface area contributed by atoms with E-state index in [1.54, 1.807) is 19.5 Å². The second-order valence-electron chi connectivity index (χ2n) is 3.86. The van der Waals surface area contributed by atoms with Crippen LogP contribution >= 0.6 is 0 Å². The molecule has 0 amide bonds. The van der Waals surface area contributed by atoms with Crippen molar-refractivity contribution in [2.75, 3.05) is 7.11 Å². The van der Waals surface area contributed by atoms with E-state index in [0.29, 0.717) is 0 Å². The Balaban J connectivity index is 2.52. The van der Waals surface area contributed by atoms with Crippen molar-refractivity contribution in [3.05, 3.63) is 47.8 Å². The largest absolute Gasteiger partial charge is 0.495 e. The fourth-order valence-corrected chi connectivity index (χ4v) is 1.85. The molecule has 0 spiro atoms. The number of aromatic nitrogens is 1. The maximum atomic E-state index is 9.25. The monoisotopic (exact) mass is 229 g/mol. The number of hydrogen-bond acceptors (Lipinski definition) is 3. The van der Waals surface area contributed by atoms with Crippen LogP contribution in [0, 0.1) is 6.92 Å². The molecule has 0 unspecified atom stereocenters. The quantitative estimate of drug-likeness (QED) is 0.879. The van der Waals surface area contributed by atoms with Crippen LogP contribution in [0.2, 0.25) is 0 Å². The normalized spacial score (nSPS) is 10.3. The fraction of sp³-hybridized carbons (Fsp3) is 0.214. The second-order valence-corrected chi connectivity index (χ2v) is 3.86. The molecule has 1 aromatic heterocycles. The minimum absolute atomic E-state index is 0.0526. The van der Waals surface area contributed by atoms with Gasteiger partial charge in [-0.05, 0) is 29.7 Å². The molecule has 17 heavy (non-hydrogen) atoms. The van der Waals surface area contributed by atoms with Gasteiger partial charge < -0.3 is 9.84 Å². The highest BCUT2D eigenvalue weighted by molar-refractivity contribution is 5.68. The number of ether oxygens (including phenoxy) is 1. The highest BCUT2D eigenvalue weighted by Crippen LogP contribution is 2.27. The van der Waals surface area contributed by atoms with Gasteiger partial charge in [0.15, 0.2) is 0 Å². The van der Waals surface area contributed by atoms with Crippen molar-refractivity contribution in [2.45, 2.75) is 13.5 Å². The van der Waals surface area contributed by atoms with Crippen LogP contribution < -0.4 is 4.74 Å². The molecular weight excluding hydrogens is 214 g/mol. The van der Waals surface area contributed by atoms with Crippen LogP contribution in [0.3, 0.4) is 0 Å². The summed E-state index contributed by atoms with van der Waals surface area (Å²) in [6.07, 6.45) is 3.47. The van der Waals surface area contributed by atoms with Gasteiger partial charge in [0.05, 0.1) is 19.9 Å². The van der Waals surface area contributed by atoms with Gasteiger partial charge in [0, 0.05) is 11.8 Å². The van der Waals surface area contributed by atoms with E-state index in [-0.39, 0.29) is 6.61 Å². The molecule has 1 aromatic carbocycles. The van der Waals surface area contributed by atoms with E-state index in [2.05, 4.69) is 4.98 Å². The number of hydrogen-bond donors (Lipinski definition) is 1. The van der Waals surface area contributed by atoms with E-state index in [4.69, 9.17) is 4.74 Å². The number of rotatable bonds is 3. The predicted octanol–water partition coefficient (Wildman–Crippen LogP) is 2.56. The van der Waals surface area contributed by atoms with Crippen LogP contribution in [-0.4, -0.2) is 17.2 Å². The Bertz CT molecular complexity index is 523. The fourth-order valence-electron chi connectivity index (χ4n) is 1.85. The lowest BCUT2D eigenvalue weighted by molar-refractivity contribution is 0.281. The summed E-state index contributed by atoms with van der Waals surface area (Å²) in [4.78, 5) is 4.14. The summed E-state index contributed by atoms with van der Waals surface area (Å²) < 4.78 is 5.16. The Morgan fingerprint density at radius 3 is 2.82 bits per heavy atom. The minimum atomic E-state index is 0.0526. The molecule has 0 atom stereocenters. The average molecular weight is 229 g/mol. The molecule has 2 rings (SSSR count). The van der Waals surface area contributed by atoms with E-state index in [9.17, 15) is 5.11 Å². The average Bonchev–Trinajstić information content (AvgIpc) is 2.39. The molecular formula is C14H15NO2. The van der Waals surface area contributed by atoms with Crippen LogP contribution in [0.4, 0.5) is 0 Å². The number of methoxy groups -OCH3 is 1. The minimum Gasteiger partial charge on any atom is -0.495 e. The third-order valence-corrected chi connectivity index (χ3v) is 2.88. The third kappa shape index (κ3) is 2.29. The van der Waals surface area contributed by atoms with Crippen molar-refractivity contribution in [2.24, 2.45) is 0 Å². The molecule has 0 aliphatic heterocycles. The zero-order chi connectivity index (χ0) is 12.3. The van der Waals surface area contributed by atoms with E-state index < -0.39 is 0 Å². The SMILES string of the molecule is COc1cncc(-c2cccc(CO)c2C)c1. The molecule has 3 heteroatoms. The van der Waals surface area contributed by atoms with Crippen LogP contribution in [0.5, 0.6) is 5.75 Å². The molecule has 0 saturated carbocycles. The lowest BCUT2D eigenvalue weighted by Crippen LogP contribution is -1.93. The molecule has 0 fully saturated rings. The lowest BCUT2D eigenvalue weighted by Gasteiger charge is -2.10. The highest BCUT2D eigenvalue weighted by Gasteiger charge is 2.06. The summed E-state index contributed by atoms with van der Waals surface area (Å²) in [5, 5.41) is 9.25. The van der Waals surface area contributed by atoms with Gasteiger partial charge in [0.2, 0.25) is 0 Å². The van der Waals surface area contributed by atoms with Gasteiger partial charge in [0.1, 0.15) is 5.75 Å². The second kappa shape index (κ2) is 4.97. The summed E-state index contributed by atoms with van der Waals surface area (Å²) in [5.41, 5.74) is 4.08. The van der Waals surface area contributed by atoms with E-state index >= 15 is 0 Å². The van der Waals surface area contributed by atoms with Crippen LogP contribution in [0.25, 0.3) is 11.1 Å². The van der Waals surface area contributed by atoms with Gasteiger partial charge in [-0.15, -0.1) is 0 Å². The number of pyridine rings is 1. The topological polar surface area (TPSA) is 42.4 Å². The Morgan fingerprint density at radius 1 is 1.29 bits per heavy atom. The summed E-state index contributed by atoms with van der Waals surface area (Å²) in [6.45, 7) is 2.05. The van der Waals surface area contributed by atoms with Crippen molar-refractivity contribution in [3.63, 3.8) is 0 Å². The molecule has 0 saturated heterocycles. The smallest absolute Gasteiger partial charge is 0.137 e. The zero-order valence-corrected chi connectivity index (χ0v) is 9.97. The molecule has 0 aliphatic rings. The first-order valence-electron chi connectivity index (χ1n) is 5.45. The van der Waals surface area contributed by atoms with Gasteiger partial charge in [0.25, 0.3) is 0 Å². The maximum Gasteiger partial charge on any atom is 0.137 e. The molecule has 88 valence electrons. The van der Waals surface area contributed by atoms with Gasteiger partial charge in [-0.3, -0.25) is 4.98 Å². The summed E-state index contributed by atoms with van der Waals surface area (Å²) in [5.74, 6) is 0.733. The van der Waals surface area contributed by atoms with Crippen molar-refractivity contribution in [3.8, 4) is 16.9 Å². The summed E-state index contributed by atoms with van der Waals surface area (Å²) >= 11 is 0. The van der Waals surface area contributed by atoms with Crippen LogP contribution in [-0.2, 0) is 6.61 Å². The Labute approximate surface area is 101 Å². The molecule has 1 heterocycles. The molecule has 1 N–H and O–H groups in total. The summed E-state index contributed by atoms with van der Waals surface area (Å²) in [6, 6.07) is 7.82. The Morgan fingerprint density at radius 2 is 2.12 bits per heavy atom. The molecule has 2 aromatic rings. The molecule has 0 radical (unpaired) electrons. The first-order valence-corrected chi connectivity index (χ1v) is 5.45. The van der Waals surface area contributed by atoms with Crippen LogP contribution in [0.15, 0.2) is 36.7 Å². The van der Waals surface area contributed by atoms with Gasteiger partial charge in [-0.25, -0.2) is 0 Å². The van der Waals surface area contributed by atoms with Gasteiger partial charge in [-0.2, -0.15) is 0 Å². The first-order chi connectivity index (χ1) is 8.26. The Kier molecular flexibility index (Phi) is 3.40. The molecule has 3 nitrogen and oxygen atoms in total. The Hall–Kier alpha value is -1.87. The van der Waals surface area contributed by atoms with Crippen molar-refractivity contribution < 1.29 is 9.84 Å². The predicted molar refractivity (Wildman–Crippen MR) is 66.9 cm³/mol. The van der Waals surface area contributed by atoms with Gasteiger partial charge >= 0.3 is 0 Å².